The van der Waals surface area contributed by atoms with Crippen molar-refractivity contribution in [2.45, 2.75) is 40.2 Å². The van der Waals surface area contributed by atoms with E-state index in [0.29, 0.717) is 23.6 Å². The van der Waals surface area contributed by atoms with Gasteiger partial charge in [0.05, 0.1) is 5.75 Å². The van der Waals surface area contributed by atoms with Crippen molar-refractivity contribution in [1.82, 2.24) is 5.32 Å². The predicted octanol–water partition coefficient (Wildman–Crippen LogP) is 1.69. The molecule has 2 unspecified atom stereocenters. The van der Waals surface area contributed by atoms with Crippen molar-refractivity contribution < 1.29 is 8.42 Å². The molecule has 0 aliphatic carbocycles. The minimum Gasteiger partial charge on any atom is -0.314 e. The van der Waals surface area contributed by atoms with Crippen LogP contribution in [0.4, 0.5) is 0 Å². The molecule has 0 amide bonds. The Labute approximate surface area is 94.6 Å². The second-order valence-electron chi connectivity index (χ2n) is 4.94. The van der Waals surface area contributed by atoms with E-state index in [2.05, 4.69) is 33.0 Å². The summed E-state index contributed by atoms with van der Waals surface area (Å²) in [4.78, 5) is 0. The monoisotopic (exact) mass is 235 g/mol. The molecule has 0 aliphatic heterocycles. The van der Waals surface area contributed by atoms with Gasteiger partial charge in [0.15, 0.2) is 0 Å². The first-order chi connectivity index (χ1) is 6.72. The average molecular weight is 235 g/mol. The molecule has 0 rings (SSSR count). The number of hydrogen-bond acceptors (Lipinski definition) is 3. The second-order valence-corrected chi connectivity index (χ2v) is 7.20. The van der Waals surface area contributed by atoms with E-state index < -0.39 is 9.84 Å². The van der Waals surface area contributed by atoms with Crippen molar-refractivity contribution in [3.05, 3.63) is 0 Å². The van der Waals surface area contributed by atoms with E-state index in [1.807, 2.05) is 0 Å². The molecule has 0 aromatic heterocycles. The molecule has 92 valence electrons. The number of nitrogens with one attached hydrogen (secondary N) is 1. The molecule has 0 aromatic carbocycles. The molecule has 0 radical (unpaired) electrons. The molecule has 0 saturated heterocycles. The fourth-order valence-electron chi connectivity index (χ4n) is 1.31. The lowest BCUT2D eigenvalue weighted by molar-refractivity contribution is 0.348. The molecule has 0 fully saturated rings. The Hall–Kier alpha value is -0.0900. The zero-order valence-electron chi connectivity index (χ0n) is 10.6. The molecule has 0 heterocycles. The van der Waals surface area contributed by atoms with Gasteiger partial charge >= 0.3 is 0 Å². The first-order valence-electron chi connectivity index (χ1n) is 5.63. The Balaban J connectivity index is 3.84. The molecular weight excluding hydrogens is 210 g/mol. The highest BCUT2D eigenvalue weighted by Gasteiger charge is 2.14. The lowest BCUT2D eigenvalue weighted by atomic mass is 9.93. The highest BCUT2D eigenvalue weighted by molar-refractivity contribution is 7.90. The Morgan fingerprint density at radius 2 is 1.60 bits per heavy atom. The Bertz CT molecular complexity index is 260. The molecule has 4 heteroatoms. The minimum atomic E-state index is -2.80. The molecule has 2 atom stereocenters. The van der Waals surface area contributed by atoms with Gasteiger partial charge in [-0.15, -0.1) is 0 Å². The third-order valence-electron chi connectivity index (χ3n) is 2.76. The van der Waals surface area contributed by atoms with Crippen molar-refractivity contribution >= 4 is 9.84 Å². The quantitative estimate of drug-likeness (QED) is 0.730. The van der Waals surface area contributed by atoms with Gasteiger partial charge in [-0.05, 0) is 24.8 Å². The summed E-state index contributed by atoms with van der Waals surface area (Å²) in [6, 6.07) is 0.495. The van der Waals surface area contributed by atoms with Gasteiger partial charge in [0, 0.05) is 12.3 Å². The molecule has 0 saturated carbocycles. The van der Waals surface area contributed by atoms with Gasteiger partial charge < -0.3 is 5.32 Å². The van der Waals surface area contributed by atoms with Gasteiger partial charge in [-0.1, -0.05) is 27.7 Å². The lowest BCUT2D eigenvalue weighted by Gasteiger charge is -2.21. The summed E-state index contributed by atoms with van der Waals surface area (Å²) < 4.78 is 22.0. The number of hydrogen-bond donors (Lipinski definition) is 1. The summed E-state index contributed by atoms with van der Waals surface area (Å²) in [5, 5.41) is 3.37. The van der Waals surface area contributed by atoms with Crippen LogP contribution in [0.25, 0.3) is 0 Å². The number of sulfone groups is 1. The average Bonchev–Trinajstić information content (AvgIpc) is 2.08. The summed E-state index contributed by atoms with van der Waals surface area (Å²) in [6.45, 7) is 9.49. The molecule has 1 N–H and O–H groups in total. The highest BCUT2D eigenvalue weighted by Crippen LogP contribution is 2.15. The van der Waals surface area contributed by atoms with Crippen LogP contribution in [0, 0.1) is 11.8 Å². The van der Waals surface area contributed by atoms with Crippen molar-refractivity contribution in [3.8, 4) is 0 Å². The first kappa shape index (κ1) is 14.9. The van der Waals surface area contributed by atoms with Crippen molar-refractivity contribution in [3.63, 3.8) is 0 Å². The maximum atomic E-state index is 11.0. The normalized spacial score (nSPS) is 16.7. The largest absolute Gasteiger partial charge is 0.314 e. The van der Waals surface area contributed by atoms with Crippen LogP contribution in [0.1, 0.15) is 34.1 Å². The summed E-state index contributed by atoms with van der Waals surface area (Å²) in [7, 11) is -2.80. The van der Waals surface area contributed by atoms with Crippen molar-refractivity contribution in [1.29, 1.82) is 0 Å². The van der Waals surface area contributed by atoms with E-state index in [9.17, 15) is 8.42 Å². The van der Waals surface area contributed by atoms with E-state index in [0.717, 1.165) is 13.0 Å². The van der Waals surface area contributed by atoms with Crippen LogP contribution >= 0.6 is 0 Å². The molecule has 0 aromatic rings. The van der Waals surface area contributed by atoms with Crippen molar-refractivity contribution in [2.75, 3.05) is 18.6 Å². The van der Waals surface area contributed by atoms with E-state index in [-0.39, 0.29) is 0 Å². The van der Waals surface area contributed by atoms with Crippen LogP contribution in [0.3, 0.4) is 0 Å². The fourth-order valence-corrected chi connectivity index (χ4v) is 2.11. The Morgan fingerprint density at radius 3 is 2.00 bits per heavy atom. The third kappa shape index (κ3) is 8.88. The van der Waals surface area contributed by atoms with Crippen LogP contribution in [-0.4, -0.2) is 33.0 Å². The van der Waals surface area contributed by atoms with Crippen LogP contribution in [0.5, 0.6) is 0 Å². The van der Waals surface area contributed by atoms with Crippen LogP contribution in [-0.2, 0) is 9.84 Å². The van der Waals surface area contributed by atoms with Gasteiger partial charge in [0.1, 0.15) is 9.84 Å². The van der Waals surface area contributed by atoms with E-state index in [1.165, 1.54) is 6.26 Å². The van der Waals surface area contributed by atoms with Crippen molar-refractivity contribution in [2.24, 2.45) is 11.8 Å². The predicted molar refractivity (Wildman–Crippen MR) is 65.8 cm³/mol. The van der Waals surface area contributed by atoms with Gasteiger partial charge in [-0.3, -0.25) is 0 Å². The minimum absolute atomic E-state index is 0.306. The van der Waals surface area contributed by atoms with E-state index in [4.69, 9.17) is 0 Å². The molecule has 0 aliphatic rings. The molecule has 3 nitrogen and oxygen atoms in total. The smallest absolute Gasteiger partial charge is 0.147 e. The number of rotatable bonds is 7. The van der Waals surface area contributed by atoms with E-state index in [1.54, 1.807) is 0 Å². The molecule has 15 heavy (non-hydrogen) atoms. The van der Waals surface area contributed by atoms with Gasteiger partial charge in [-0.2, -0.15) is 0 Å². The maximum Gasteiger partial charge on any atom is 0.147 e. The topological polar surface area (TPSA) is 46.2 Å². The highest BCUT2D eigenvalue weighted by atomic mass is 32.2. The first-order valence-corrected chi connectivity index (χ1v) is 7.69. The van der Waals surface area contributed by atoms with Crippen LogP contribution in [0.15, 0.2) is 0 Å². The Kier molecular flexibility index (Phi) is 6.44. The van der Waals surface area contributed by atoms with Gasteiger partial charge in [0.25, 0.3) is 0 Å². The van der Waals surface area contributed by atoms with Gasteiger partial charge in [0.2, 0.25) is 0 Å². The third-order valence-corrected chi connectivity index (χ3v) is 3.74. The summed E-state index contributed by atoms with van der Waals surface area (Å²) in [5.74, 6) is 1.28. The summed E-state index contributed by atoms with van der Waals surface area (Å²) in [6.07, 6.45) is 2.07. The second kappa shape index (κ2) is 6.48. The van der Waals surface area contributed by atoms with E-state index >= 15 is 0 Å². The van der Waals surface area contributed by atoms with Crippen LogP contribution in [0.2, 0.25) is 0 Å². The molecule has 0 spiro atoms. The van der Waals surface area contributed by atoms with Gasteiger partial charge in [-0.25, -0.2) is 8.42 Å². The van der Waals surface area contributed by atoms with Crippen LogP contribution < -0.4 is 5.32 Å². The Morgan fingerprint density at radius 1 is 1.07 bits per heavy atom. The standard InChI is InChI=1S/C11H25NO2S/c1-9(2)12-8-11(4)10(3)6-7-15(5,13)14/h9-12H,6-8H2,1-5H3. The zero-order valence-corrected chi connectivity index (χ0v) is 11.4. The molecular formula is C11H25NO2S. The summed E-state index contributed by atoms with van der Waals surface area (Å²) >= 11 is 0. The zero-order chi connectivity index (χ0) is 12.1. The summed E-state index contributed by atoms with van der Waals surface area (Å²) in [5.41, 5.74) is 0. The maximum absolute atomic E-state index is 11.0. The fraction of sp³-hybridized carbons (Fsp3) is 1.00. The molecule has 0 bridgehead atoms. The lowest BCUT2D eigenvalue weighted by Crippen LogP contribution is -2.31. The SMILES string of the molecule is CC(C)NCC(C)C(C)CCS(C)(=O)=O.